The minimum atomic E-state index is -0.186. The summed E-state index contributed by atoms with van der Waals surface area (Å²) in [6.45, 7) is 5.06. The highest BCUT2D eigenvalue weighted by atomic mass is 79.9. The molecular formula is C14H15BrFNS. The first-order chi connectivity index (χ1) is 8.56. The largest absolute Gasteiger partial charge is 0.310 e. The molecule has 0 aliphatic rings. The predicted octanol–water partition coefficient (Wildman–Crippen LogP) is 4.81. The molecule has 0 bridgehead atoms. The summed E-state index contributed by atoms with van der Waals surface area (Å²) in [6, 6.07) is 9.67. The Bertz CT molecular complexity index is 536. The summed E-state index contributed by atoms with van der Waals surface area (Å²) in [6.07, 6.45) is 0. The number of halogens is 2. The van der Waals surface area contributed by atoms with E-state index in [1.807, 2.05) is 18.2 Å². The van der Waals surface area contributed by atoms with Crippen LogP contribution < -0.4 is 5.32 Å². The third-order valence-corrected chi connectivity index (χ3v) is 4.15. The monoisotopic (exact) mass is 327 g/mol. The number of hydrogen-bond donors (Lipinski definition) is 1. The Morgan fingerprint density at radius 1 is 1.28 bits per heavy atom. The standard InChI is InChI=1S/C14H15BrFNS/c1-9(2)17-8-11-4-6-14(18-11)12-5-3-10(15)7-13(12)16/h3-7,9,17H,8H2,1-2H3. The molecule has 1 aromatic heterocycles. The van der Waals surface area contributed by atoms with Gasteiger partial charge in [0.15, 0.2) is 0 Å². The highest BCUT2D eigenvalue weighted by Crippen LogP contribution is 2.31. The van der Waals surface area contributed by atoms with Crippen molar-refractivity contribution in [1.29, 1.82) is 0 Å². The first-order valence-corrected chi connectivity index (χ1v) is 7.44. The third kappa shape index (κ3) is 3.40. The van der Waals surface area contributed by atoms with E-state index in [1.54, 1.807) is 11.3 Å². The van der Waals surface area contributed by atoms with E-state index in [1.165, 1.54) is 10.9 Å². The van der Waals surface area contributed by atoms with Gasteiger partial charge >= 0.3 is 0 Å². The predicted molar refractivity (Wildman–Crippen MR) is 79.4 cm³/mol. The van der Waals surface area contributed by atoms with E-state index in [9.17, 15) is 4.39 Å². The van der Waals surface area contributed by atoms with Gasteiger partial charge in [-0.25, -0.2) is 4.39 Å². The van der Waals surface area contributed by atoms with Crippen molar-refractivity contribution in [3.05, 3.63) is 45.5 Å². The van der Waals surface area contributed by atoms with Gasteiger partial charge in [0.05, 0.1) is 0 Å². The lowest BCUT2D eigenvalue weighted by Gasteiger charge is -2.05. The smallest absolute Gasteiger partial charge is 0.132 e. The Kier molecular flexibility index (Phi) is 4.54. The van der Waals surface area contributed by atoms with E-state index < -0.39 is 0 Å². The first kappa shape index (κ1) is 13.7. The van der Waals surface area contributed by atoms with Gasteiger partial charge in [0.1, 0.15) is 5.82 Å². The molecule has 0 spiro atoms. The topological polar surface area (TPSA) is 12.0 Å². The lowest BCUT2D eigenvalue weighted by atomic mass is 10.2. The fraction of sp³-hybridized carbons (Fsp3) is 0.286. The van der Waals surface area contributed by atoms with E-state index in [2.05, 4.69) is 41.2 Å². The van der Waals surface area contributed by atoms with Crippen LogP contribution in [0.2, 0.25) is 0 Å². The molecule has 1 aromatic carbocycles. The molecule has 0 unspecified atom stereocenters. The first-order valence-electron chi connectivity index (χ1n) is 5.84. The van der Waals surface area contributed by atoms with Gasteiger partial charge in [-0.05, 0) is 30.3 Å². The maximum absolute atomic E-state index is 13.8. The van der Waals surface area contributed by atoms with Crippen LogP contribution in [-0.4, -0.2) is 6.04 Å². The molecule has 1 N–H and O–H groups in total. The summed E-state index contributed by atoms with van der Waals surface area (Å²) in [4.78, 5) is 2.20. The van der Waals surface area contributed by atoms with Crippen molar-refractivity contribution in [2.24, 2.45) is 0 Å². The molecule has 0 radical (unpaired) electrons. The Labute approximate surface area is 119 Å². The molecule has 0 saturated heterocycles. The maximum atomic E-state index is 13.8. The average Bonchev–Trinajstić information content (AvgIpc) is 2.75. The van der Waals surface area contributed by atoms with Gasteiger partial charge in [0.25, 0.3) is 0 Å². The summed E-state index contributed by atoms with van der Waals surface area (Å²) in [5.74, 6) is -0.186. The van der Waals surface area contributed by atoms with Crippen molar-refractivity contribution in [3.63, 3.8) is 0 Å². The molecule has 0 fully saturated rings. The van der Waals surface area contributed by atoms with Gasteiger partial charge in [0.2, 0.25) is 0 Å². The van der Waals surface area contributed by atoms with E-state index in [0.29, 0.717) is 11.6 Å². The van der Waals surface area contributed by atoms with E-state index in [-0.39, 0.29) is 5.82 Å². The second kappa shape index (κ2) is 5.95. The molecule has 1 heterocycles. The molecule has 4 heteroatoms. The molecule has 2 aromatic rings. The van der Waals surface area contributed by atoms with Crippen LogP contribution in [0.15, 0.2) is 34.8 Å². The van der Waals surface area contributed by atoms with Crippen molar-refractivity contribution < 1.29 is 4.39 Å². The SMILES string of the molecule is CC(C)NCc1ccc(-c2ccc(Br)cc2F)s1. The molecule has 1 nitrogen and oxygen atoms in total. The van der Waals surface area contributed by atoms with Gasteiger partial charge < -0.3 is 5.32 Å². The number of nitrogens with one attached hydrogen (secondary N) is 1. The summed E-state index contributed by atoms with van der Waals surface area (Å²) in [5.41, 5.74) is 0.666. The van der Waals surface area contributed by atoms with Crippen LogP contribution in [0.25, 0.3) is 10.4 Å². The van der Waals surface area contributed by atoms with Crippen LogP contribution in [0.4, 0.5) is 4.39 Å². The van der Waals surface area contributed by atoms with E-state index in [4.69, 9.17) is 0 Å². The Morgan fingerprint density at radius 2 is 2.06 bits per heavy atom. The second-order valence-corrected chi connectivity index (χ2v) is 6.51. The number of thiophene rings is 1. The van der Waals surface area contributed by atoms with Crippen molar-refractivity contribution in [2.45, 2.75) is 26.4 Å². The molecule has 0 atom stereocenters. The Balaban J connectivity index is 2.18. The molecule has 96 valence electrons. The number of benzene rings is 1. The fourth-order valence-electron chi connectivity index (χ4n) is 1.61. The average molecular weight is 328 g/mol. The molecule has 0 aliphatic heterocycles. The Hall–Kier alpha value is -0.710. The second-order valence-electron chi connectivity index (χ2n) is 4.43. The van der Waals surface area contributed by atoms with Crippen LogP contribution >= 0.6 is 27.3 Å². The van der Waals surface area contributed by atoms with Gasteiger partial charge in [0, 0.05) is 32.4 Å². The lowest BCUT2D eigenvalue weighted by molar-refractivity contribution is 0.593. The van der Waals surface area contributed by atoms with E-state index >= 15 is 0 Å². The molecular weight excluding hydrogens is 313 g/mol. The van der Waals surface area contributed by atoms with Gasteiger partial charge in [-0.15, -0.1) is 11.3 Å². The highest BCUT2D eigenvalue weighted by Gasteiger charge is 2.08. The molecule has 0 saturated carbocycles. The fourth-order valence-corrected chi connectivity index (χ4v) is 2.93. The minimum absolute atomic E-state index is 0.186. The number of hydrogen-bond acceptors (Lipinski definition) is 2. The zero-order chi connectivity index (χ0) is 13.1. The third-order valence-electron chi connectivity index (χ3n) is 2.54. The lowest BCUT2D eigenvalue weighted by Crippen LogP contribution is -2.21. The van der Waals surface area contributed by atoms with Crippen LogP contribution in [0.5, 0.6) is 0 Å². The van der Waals surface area contributed by atoms with Crippen LogP contribution in [0.3, 0.4) is 0 Å². The summed E-state index contributed by atoms with van der Waals surface area (Å²) in [5, 5.41) is 3.36. The molecule has 0 aliphatic carbocycles. The molecule has 0 amide bonds. The maximum Gasteiger partial charge on any atom is 0.132 e. The summed E-state index contributed by atoms with van der Waals surface area (Å²) < 4.78 is 14.6. The Morgan fingerprint density at radius 3 is 2.72 bits per heavy atom. The van der Waals surface area contributed by atoms with Crippen molar-refractivity contribution in [2.75, 3.05) is 0 Å². The number of rotatable bonds is 4. The van der Waals surface area contributed by atoms with Gasteiger partial charge in [-0.3, -0.25) is 0 Å². The van der Waals surface area contributed by atoms with Gasteiger partial charge in [-0.2, -0.15) is 0 Å². The van der Waals surface area contributed by atoms with Crippen LogP contribution in [0.1, 0.15) is 18.7 Å². The van der Waals surface area contributed by atoms with Crippen LogP contribution in [0, 0.1) is 5.82 Å². The zero-order valence-electron chi connectivity index (χ0n) is 10.3. The zero-order valence-corrected chi connectivity index (χ0v) is 12.7. The van der Waals surface area contributed by atoms with Crippen molar-refractivity contribution in [1.82, 2.24) is 5.32 Å². The minimum Gasteiger partial charge on any atom is -0.310 e. The van der Waals surface area contributed by atoms with Crippen LogP contribution in [-0.2, 0) is 6.54 Å². The highest BCUT2D eigenvalue weighted by molar-refractivity contribution is 9.10. The quantitative estimate of drug-likeness (QED) is 0.849. The van der Waals surface area contributed by atoms with Crippen molar-refractivity contribution >= 4 is 27.3 Å². The molecule has 18 heavy (non-hydrogen) atoms. The van der Waals surface area contributed by atoms with Gasteiger partial charge in [-0.1, -0.05) is 29.8 Å². The van der Waals surface area contributed by atoms with Crippen molar-refractivity contribution in [3.8, 4) is 10.4 Å². The summed E-state index contributed by atoms with van der Waals surface area (Å²) in [7, 11) is 0. The van der Waals surface area contributed by atoms with E-state index in [0.717, 1.165) is 15.9 Å². The summed E-state index contributed by atoms with van der Waals surface area (Å²) >= 11 is 4.90. The normalized spacial score (nSPS) is 11.2. The molecule has 2 rings (SSSR count).